The Labute approximate surface area is 112 Å². The lowest BCUT2D eigenvalue weighted by Gasteiger charge is -2.30. The Morgan fingerprint density at radius 3 is 2.53 bits per heavy atom. The number of benzene rings is 1. The van der Waals surface area contributed by atoms with Gasteiger partial charge in [0, 0.05) is 12.0 Å². The van der Waals surface area contributed by atoms with Gasteiger partial charge in [0.25, 0.3) is 0 Å². The van der Waals surface area contributed by atoms with E-state index in [2.05, 4.69) is 35.0 Å². The molecule has 0 aromatic heterocycles. The highest BCUT2D eigenvalue weighted by Crippen LogP contribution is 2.45. The monoisotopic (exact) mass is 297 g/mol. The zero-order valence-corrected chi connectivity index (χ0v) is 12.1. The van der Waals surface area contributed by atoms with Crippen molar-refractivity contribution in [2.24, 2.45) is 5.73 Å². The zero-order chi connectivity index (χ0) is 12.5. The van der Waals surface area contributed by atoms with Crippen molar-refractivity contribution in [1.29, 1.82) is 0 Å². The van der Waals surface area contributed by atoms with Gasteiger partial charge < -0.3 is 10.5 Å². The predicted octanol–water partition coefficient (Wildman–Crippen LogP) is 3.54. The number of aryl methyl sites for hydroxylation is 1. The summed E-state index contributed by atoms with van der Waals surface area (Å²) in [5, 5.41) is 0. The number of rotatable bonds is 3. The van der Waals surface area contributed by atoms with Gasteiger partial charge in [-0.25, -0.2) is 0 Å². The van der Waals surface area contributed by atoms with E-state index in [1.54, 1.807) is 7.11 Å². The Bertz CT molecular complexity index is 411. The average Bonchev–Trinajstić information content (AvgIpc) is 2.81. The lowest BCUT2D eigenvalue weighted by Crippen LogP contribution is -2.32. The molecule has 3 heteroatoms. The molecule has 17 heavy (non-hydrogen) atoms. The van der Waals surface area contributed by atoms with Gasteiger partial charge in [0.05, 0.1) is 11.6 Å². The fraction of sp³-hybridized carbons (Fsp3) is 0.571. The molecule has 1 saturated carbocycles. The van der Waals surface area contributed by atoms with Crippen molar-refractivity contribution >= 4 is 15.9 Å². The first-order valence-electron chi connectivity index (χ1n) is 6.17. The standard InChI is InChI=1S/C14H20BrNO/c1-10-7-11(13(15)12(8-10)17-2)14(9-16)5-3-4-6-14/h7-8H,3-6,9,16H2,1-2H3. The van der Waals surface area contributed by atoms with E-state index < -0.39 is 0 Å². The molecule has 94 valence electrons. The van der Waals surface area contributed by atoms with Crippen molar-refractivity contribution in [2.75, 3.05) is 13.7 Å². The van der Waals surface area contributed by atoms with E-state index in [0.29, 0.717) is 0 Å². The topological polar surface area (TPSA) is 35.2 Å². The SMILES string of the molecule is COc1cc(C)cc(C2(CN)CCCC2)c1Br. The molecule has 0 radical (unpaired) electrons. The molecule has 2 nitrogen and oxygen atoms in total. The van der Waals surface area contributed by atoms with Crippen LogP contribution in [0.15, 0.2) is 16.6 Å². The van der Waals surface area contributed by atoms with Crippen LogP contribution in [0.5, 0.6) is 5.75 Å². The molecule has 0 amide bonds. The summed E-state index contributed by atoms with van der Waals surface area (Å²) >= 11 is 3.68. The second-order valence-electron chi connectivity index (χ2n) is 5.02. The minimum atomic E-state index is 0.151. The van der Waals surface area contributed by atoms with Crippen molar-refractivity contribution in [3.8, 4) is 5.75 Å². The maximum Gasteiger partial charge on any atom is 0.133 e. The Morgan fingerprint density at radius 1 is 1.35 bits per heavy atom. The van der Waals surface area contributed by atoms with Crippen LogP contribution in [-0.4, -0.2) is 13.7 Å². The highest BCUT2D eigenvalue weighted by molar-refractivity contribution is 9.10. The number of hydrogen-bond acceptors (Lipinski definition) is 2. The second kappa shape index (κ2) is 4.99. The summed E-state index contributed by atoms with van der Waals surface area (Å²) < 4.78 is 6.51. The number of nitrogens with two attached hydrogens (primary N) is 1. The number of ether oxygens (including phenoxy) is 1. The fourth-order valence-electron chi connectivity index (χ4n) is 2.91. The molecule has 2 rings (SSSR count). The van der Waals surface area contributed by atoms with E-state index in [4.69, 9.17) is 10.5 Å². The second-order valence-corrected chi connectivity index (χ2v) is 5.81. The molecule has 0 heterocycles. The molecule has 0 saturated heterocycles. The minimum absolute atomic E-state index is 0.151. The van der Waals surface area contributed by atoms with Crippen LogP contribution in [0, 0.1) is 6.92 Å². The van der Waals surface area contributed by atoms with Gasteiger partial charge in [-0.3, -0.25) is 0 Å². The first kappa shape index (κ1) is 12.9. The van der Waals surface area contributed by atoms with E-state index in [0.717, 1.165) is 16.8 Å². The van der Waals surface area contributed by atoms with Crippen molar-refractivity contribution in [1.82, 2.24) is 0 Å². The third-order valence-corrected chi connectivity index (χ3v) is 4.74. The van der Waals surface area contributed by atoms with E-state index in [1.165, 1.54) is 36.8 Å². The largest absolute Gasteiger partial charge is 0.496 e. The van der Waals surface area contributed by atoms with Gasteiger partial charge in [0.15, 0.2) is 0 Å². The first-order valence-corrected chi connectivity index (χ1v) is 6.97. The summed E-state index contributed by atoms with van der Waals surface area (Å²) in [6.07, 6.45) is 4.93. The summed E-state index contributed by atoms with van der Waals surface area (Å²) in [4.78, 5) is 0. The van der Waals surface area contributed by atoms with E-state index >= 15 is 0 Å². The first-order chi connectivity index (χ1) is 8.13. The van der Waals surface area contributed by atoms with Gasteiger partial charge >= 0.3 is 0 Å². The molecule has 0 bridgehead atoms. The fourth-order valence-corrected chi connectivity index (χ4v) is 3.72. The third kappa shape index (κ3) is 2.23. The van der Waals surface area contributed by atoms with Crippen LogP contribution in [0.3, 0.4) is 0 Å². The van der Waals surface area contributed by atoms with Crippen molar-refractivity contribution in [3.05, 3.63) is 27.7 Å². The minimum Gasteiger partial charge on any atom is -0.496 e. The number of halogens is 1. The molecule has 0 spiro atoms. The third-order valence-electron chi connectivity index (χ3n) is 3.93. The van der Waals surface area contributed by atoms with Gasteiger partial charge in [0.2, 0.25) is 0 Å². The molecular formula is C14H20BrNO. The molecule has 1 aliphatic carbocycles. The van der Waals surface area contributed by atoms with Gasteiger partial charge in [-0.2, -0.15) is 0 Å². The summed E-state index contributed by atoms with van der Waals surface area (Å²) in [6.45, 7) is 2.83. The normalized spacial score (nSPS) is 18.4. The smallest absolute Gasteiger partial charge is 0.133 e. The van der Waals surface area contributed by atoms with Crippen LogP contribution in [0.1, 0.15) is 36.8 Å². The number of hydrogen-bond donors (Lipinski definition) is 1. The van der Waals surface area contributed by atoms with Crippen LogP contribution < -0.4 is 10.5 Å². The van der Waals surface area contributed by atoms with E-state index in [9.17, 15) is 0 Å². The van der Waals surface area contributed by atoms with E-state index in [1.807, 2.05) is 0 Å². The summed E-state index contributed by atoms with van der Waals surface area (Å²) in [7, 11) is 1.72. The summed E-state index contributed by atoms with van der Waals surface area (Å²) in [5.41, 5.74) is 8.76. The average molecular weight is 298 g/mol. The lowest BCUT2D eigenvalue weighted by molar-refractivity contribution is 0.403. The van der Waals surface area contributed by atoms with Crippen molar-refractivity contribution in [3.63, 3.8) is 0 Å². The van der Waals surface area contributed by atoms with Crippen LogP contribution >= 0.6 is 15.9 Å². The van der Waals surface area contributed by atoms with Crippen LogP contribution in [0.25, 0.3) is 0 Å². The van der Waals surface area contributed by atoms with Gasteiger partial charge in [0.1, 0.15) is 5.75 Å². The maximum atomic E-state index is 6.05. The van der Waals surface area contributed by atoms with Crippen LogP contribution in [-0.2, 0) is 5.41 Å². The molecule has 2 N–H and O–H groups in total. The number of methoxy groups -OCH3 is 1. The molecule has 1 fully saturated rings. The Hall–Kier alpha value is -0.540. The van der Waals surface area contributed by atoms with Gasteiger partial charge in [-0.15, -0.1) is 0 Å². The highest BCUT2D eigenvalue weighted by atomic mass is 79.9. The van der Waals surface area contributed by atoms with Crippen LogP contribution in [0.2, 0.25) is 0 Å². The van der Waals surface area contributed by atoms with Crippen molar-refractivity contribution in [2.45, 2.75) is 38.0 Å². The van der Waals surface area contributed by atoms with Gasteiger partial charge in [-0.05, 0) is 52.9 Å². The van der Waals surface area contributed by atoms with Crippen molar-refractivity contribution < 1.29 is 4.74 Å². The molecule has 0 unspecified atom stereocenters. The summed E-state index contributed by atoms with van der Waals surface area (Å²) in [5.74, 6) is 0.916. The Morgan fingerprint density at radius 2 is 2.00 bits per heavy atom. The highest BCUT2D eigenvalue weighted by Gasteiger charge is 2.36. The molecular weight excluding hydrogens is 278 g/mol. The maximum absolute atomic E-state index is 6.05. The molecule has 1 aromatic carbocycles. The van der Waals surface area contributed by atoms with Crippen LogP contribution in [0.4, 0.5) is 0 Å². The molecule has 1 aromatic rings. The lowest BCUT2D eigenvalue weighted by atomic mass is 9.78. The Balaban J connectivity index is 2.53. The molecule has 0 aliphatic heterocycles. The van der Waals surface area contributed by atoms with E-state index in [-0.39, 0.29) is 5.41 Å². The predicted molar refractivity (Wildman–Crippen MR) is 74.6 cm³/mol. The molecule has 1 aliphatic rings. The van der Waals surface area contributed by atoms with Gasteiger partial charge in [-0.1, -0.05) is 18.9 Å². The molecule has 0 atom stereocenters. The quantitative estimate of drug-likeness (QED) is 0.926. The summed E-state index contributed by atoms with van der Waals surface area (Å²) in [6, 6.07) is 4.32. The Kier molecular flexibility index (Phi) is 3.79. The zero-order valence-electron chi connectivity index (χ0n) is 10.6.